The molecule has 1 aliphatic carbocycles. The van der Waals surface area contributed by atoms with Crippen LogP contribution in [0.1, 0.15) is 58.4 Å². The van der Waals surface area contributed by atoms with Gasteiger partial charge in [0.15, 0.2) is 0 Å². The Morgan fingerprint density at radius 1 is 1.10 bits per heavy atom. The lowest BCUT2D eigenvalue weighted by molar-refractivity contribution is 0.214. The van der Waals surface area contributed by atoms with Crippen molar-refractivity contribution in [1.29, 1.82) is 0 Å². The van der Waals surface area contributed by atoms with Gasteiger partial charge in [0.2, 0.25) is 0 Å². The van der Waals surface area contributed by atoms with Gasteiger partial charge >= 0.3 is 0 Å². The molecule has 0 heterocycles. The van der Waals surface area contributed by atoms with Gasteiger partial charge in [-0.2, -0.15) is 0 Å². The van der Waals surface area contributed by atoms with Crippen LogP contribution < -0.4 is 5.32 Å². The van der Waals surface area contributed by atoms with E-state index in [1.807, 2.05) is 6.92 Å². The molecule has 20 heavy (non-hydrogen) atoms. The minimum absolute atomic E-state index is 0.446. The number of aryl methyl sites for hydroxylation is 1. The Kier molecular flexibility index (Phi) is 5.01. The molecule has 0 bridgehead atoms. The molecule has 1 aliphatic rings. The lowest BCUT2D eigenvalue weighted by Gasteiger charge is -2.29. The van der Waals surface area contributed by atoms with E-state index >= 15 is 0 Å². The summed E-state index contributed by atoms with van der Waals surface area (Å²) in [6, 6.07) is 6.90. The van der Waals surface area contributed by atoms with Gasteiger partial charge in [-0.1, -0.05) is 44.9 Å². The van der Waals surface area contributed by atoms with Crippen molar-refractivity contribution in [3.05, 3.63) is 28.8 Å². The van der Waals surface area contributed by atoms with Gasteiger partial charge in [-0.25, -0.2) is 0 Å². The van der Waals surface area contributed by atoms with E-state index in [-0.39, 0.29) is 0 Å². The van der Waals surface area contributed by atoms with E-state index in [4.69, 9.17) is 11.6 Å². The molecular formula is C18H28ClN. The molecule has 0 saturated heterocycles. The Balaban J connectivity index is 1.95. The minimum atomic E-state index is 0.446. The summed E-state index contributed by atoms with van der Waals surface area (Å²) in [7, 11) is 0. The number of halogens is 1. The Labute approximate surface area is 129 Å². The highest BCUT2D eigenvalue weighted by molar-refractivity contribution is 6.31. The molecule has 2 unspecified atom stereocenters. The van der Waals surface area contributed by atoms with Gasteiger partial charge in [-0.3, -0.25) is 0 Å². The van der Waals surface area contributed by atoms with E-state index in [2.05, 4.69) is 44.3 Å². The van der Waals surface area contributed by atoms with Gasteiger partial charge < -0.3 is 5.32 Å². The van der Waals surface area contributed by atoms with Crippen LogP contribution in [0.3, 0.4) is 0 Å². The normalized spacial score (nSPS) is 24.2. The third kappa shape index (κ3) is 4.15. The summed E-state index contributed by atoms with van der Waals surface area (Å²) >= 11 is 6.21. The van der Waals surface area contributed by atoms with Crippen LogP contribution in [0.4, 0.5) is 5.69 Å². The predicted octanol–water partition coefficient (Wildman–Crippen LogP) is 6.06. The number of anilines is 1. The average Bonchev–Trinajstić information content (AvgIpc) is 2.59. The lowest BCUT2D eigenvalue weighted by Crippen LogP contribution is -2.21. The zero-order valence-electron chi connectivity index (χ0n) is 13.3. The topological polar surface area (TPSA) is 12.0 Å². The molecule has 2 heteroatoms. The van der Waals surface area contributed by atoms with Crippen molar-refractivity contribution in [2.75, 3.05) is 5.32 Å². The molecule has 0 spiro atoms. The zero-order chi connectivity index (χ0) is 14.8. The molecule has 1 fully saturated rings. The molecule has 1 aromatic rings. The van der Waals surface area contributed by atoms with Crippen molar-refractivity contribution in [3.8, 4) is 0 Å². The van der Waals surface area contributed by atoms with E-state index in [1.54, 1.807) is 0 Å². The Morgan fingerprint density at radius 3 is 2.50 bits per heavy atom. The van der Waals surface area contributed by atoms with Crippen LogP contribution in [0.15, 0.2) is 18.2 Å². The number of benzene rings is 1. The van der Waals surface area contributed by atoms with E-state index in [9.17, 15) is 0 Å². The fourth-order valence-corrected chi connectivity index (χ4v) is 3.41. The van der Waals surface area contributed by atoms with Gasteiger partial charge in [-0.05, 0) is 61.6 Å². The van der Waals surface area contributed by atoms with Gasteiger partial charge in [-0.15, -0.1) is 0 Å². The molecule has 2 atom stereocenters. The van der Waals surface area contributed by atoms with Crippen molar-refractivity contribution in [3.63, 3.8) is 0 Å². The number of rotatable bonds is 2. The lowest BCUT2D eigenvalue weighted by atomic mass is 9.76. The SMILES string of the molecule is Cc1ccc(NC2CCCC(C(C)(C)C)CC2)cc1Cl. The summed E-state index contributed by atoms with van der Waals surface area (Å²) in [4.78, 5) is 0. The standard InChI is InChI=1S/C18H28ClN/c1-13-8-10-16(12-17(13)19)20-15-7-5-6-14(9-11-15)18(2,3)4/h8,10,12,14-15,20H,5-7,9,11H2,1-4H3. The summed E-state index contributed by atoms with van der Waals surface area (Å²) in [6.45, 7) is 9.19. The van der Waals surface area contributed by atoms with Gasteiger partial charge in [0, 0.05) is 16.8 Å². The van der Waals surface area contributed by atoms with Crippen molar-refractivity contribution in [2.45, 2.75) is 65.8 Å². The maximum Gasteiger partial charge on any atom is 0.0455 e. The van der Waals surface area contributed by atoms with Gasteiger partial charge in [0.05, 0.1) is 0 Å². The maximum absolute atomic E-state index is 6.21. The number of hydrogen-bond donors (Lipinski definition) is 1. The summed E-state index contributed by atoms with van der Waals surface area (Å²) in [5, 5.41) is 4.53. The van der Waals surface area contributed by atoms with Crippen LogP contribution in [0, 0.1) is 18.3 Å². The molecular weight excluding hydrogens is 266 g/mol. The van der Waals surface area contributed by atoms with Crippen LogP contribution >= 0.6 is 11.6 Å². The molecule has 1 N–H and O–H groups in total. The van der Waals surface area contributed by atoms with E-state index < -0.39 is 0 Å². The Hall–Kier alpha value is -0.690. The summed E-state index contributed by atoms with van der Waals surface area (Å²) in [6.07, 6.45) is 6.59. The van der Waals surface area contributed by atoms with Crippen molar-refractivity contribution in [2.24, 2.45) is 11.3 Å². The number of hydrogen-bond acceptors (Lipinski definition) is 1. The monoisotopic (exact) mass is 293 g/mol. The smallest absolute Gasteiger partial charge is 0.0455 e. The van der Waals surface area contributed by atoms with Crippen molar-refractivity contribution < 1.29 is 0 Å². The first-order valence-electron chi connectivity index (χ1n) is 7.89. The molecule has 1 nitrogen and oxygen atoms in total. The highest BCUT2D eigenvalue weighted by Gasteiger charge is 2.27. The fourth-order valence-electron chi connectivity index (χ4n) is 3.23. The van der Waals surface area contributed by atoms with Gasteiger partial charge in [0.1, 0.15) is 0 Å². The zero-order valence-corrected chi connectivity index (χ0v) is 14.1. The molecule has 2 rings (SSSR count). The van der Waals surface area contributed by atoms with Gasteiger partial charge in [0.25, 0.3) is 0 Å². The molecule has 1 aromatic carbocycles. The molecule has 1 saturated carbocycles. The first-order valence-corrected chi connectivity index (χ1v) is 8.27. The van der Waals surface area contributed by atoms with Crippen LogP contribution in [-0.4, -0.2) is 6.04 Å². The number of nitrogens with one attached hydrogen (secondary N) is 1. The van der Waals surface area contributed by atoms with E-state index in [0.717, 1.165) is 16.5 Å². The molecule has 0 radical (unpaired) electrons. The Bertz CT molecular complexity index is 447. The van der Waals surface area contributed by atoms with Crippen LogP contribution in [0.25, 0.3) is 0 Å². The first-order chi connectivity index (χ1) is 9.36. The second kappa shape index (κ2) is 6.39. The largest absolute Gasteiger partial charge is 0.382 e. The quantitative estimate of drug-likeness (QED) is 0.654. The third-order valence-corrected chi connectivity index (χ3v) is 5.14. The van der Waals surface area contributed by atoms with Crippen LogP contribution in [-0.2, 0) is 0 Å². The average molecular weight is 294 g/mol. The Morgan fingerprint density at radius 2 is 1.85 bits per heavy atom. The summed E-state index contributed by atoms with van der Waals surface area (Å²) in [5.74, 6) is 0.857. The van der Waals surface area contributed by atoms with E-state index in [0.29, 0.717) is 11.5 Å². The minimum Gasteiger partial charge on any atom is -0.382 e. The van der Waals surface area contributed by atoms with Crippen molar-refractivity contribution >= 4 is 17.3 Å². The summed E-state index contributed by atoms with van der Waals surface area (Å²) < 4.78 is 0. The second-order valence-corrected chi connectivity index (χ2v) is 7.78. The second-order valence-electron chi connectivity index (χ2n) is 7.38. The highest BCUT2D eigenvalue weighted by atomic mass is 35.5. The fraction of sp³-hybridized carbons (Fsp3) is 0.667. The first kappa shape index (κ1) is 15.7. The maximum atomic E-state index is 6.21. The molecule has 112 valence electrons. The predicted molar refractivity (Wildman–Crippen MR) is 89.6 cm³/mol. The third-order valence-electron chi connectivity index (χ3n) is 4.74. The van der Waals surface area contributed by atoms with Crippen LogP contribution in [0.2, 0.25) is 5.02 Å². The molecule has 0 amide bonds. The molecule has 0 aliphatic heterocycles. The van der Waals surface area contributed by atoms with Crippen molar-refractivity contribution in [1.82, 2.24) is 0 Å². The highest BCUT2D eigenvalue weighted by Crippen LogP contribution is 2.37. The van der Waals surface area contributed by atoms with E-state index in [1.165, 1.54) is 37.8 Å². The summed E-state index contributed by atoms with van der Waals surface area (Å²) in [5.41, 5.74) is 2.76. The molecule has 0 aromatic heterocycles. The van der Waals surface area contributed by atoms with Crippen LogP contribution in [0.5, 0.6) is 0 Å².